The molecule has 1 unspecified atom stereocenters. The van der Waals surface area contributed by atoms with Crippen LogP contribution in [0.4, 0.5) is 0 Å². The summed E-state index contributed by atoms with van der Waals surface area (Å²) in [6, 6.07) is 7.56. The van der Waals surface area contributed by atoms with Crippen molar-refractivity contribution in [3.63, 3.8) is 0 Å². The molecule has 2 aromatic rings. The number of nitrogens with one attached hydrogen (secondary N) is 1. The number of H-pyrrole nitrogens is 1. The van der Waals surface area contributed by atoms with Crippen LogP contribution in [0.3, 0.4) is 0 Å². The molecule has 2 rings (SSSR count). The van der Waals surface area contributed by atoms with Crippen LogP contribution in [0, 0.1) is 0 Å². The Morgan fingerprint density at radius 2 is 2.27 bits per heavy atom. The molecule has 1 aromatic carbocycles. The van der Waals surface area contributed by atoms with Crippen LogP contribution in [-0.2, 0) is 4.79 Å². The highest BCUT2D eigenvalue weighted by molar-refractivity contribution is 8.00. The number of hydrogen-bond donors (Lipinski definition) is 1. The van der Waals surface area contributed by atoms with Crippen LogP contribution in [0.2, 0.25) is 0 Å². The van der Waals surface area contributed by atoms with Crippen molar-refractivity contribution >= 4 is 28.8 Å². The van der Waals surface area contributed by atoms with E-state index in [1.165, 1.54) is 0 Å². The van der Waals surface area contributed by atoms with E-state index < -0.39 is 11.2 Å². The lowest BCUT2D eigenvalue weighted by Gasteiger charge is -2.08. The maximum absolute atomic E-state index is 10.5. The Bertz CT molecular complexity index is 462. The van der Waals surface area contributed by atoms with Crippen LogP contribution in [0.5, 0.6) is 0 Å². The Hall–Kier alpha value is -1.49. The fourth-order valence-corrected chi connectivity index (χ4v) is 1.95. The molecule has 1 heterocycles. The first-order valence-corrected chi connectivity index (χ1v) is 5.37. The highest BCUT2D eigenvalue weighted by Gasteiger charge is 2.08. The molecule has 0 aliphatic rings. The molecule has 0 bridgehead atoms. The molecule has 0 saturated carbocycles. The Labute approximate surface area is 90.7 Å². The monoisotopic (exact) mass is 221 g/mol. The second-order valence-corrected chi connectivity index (χ2v) is 4.47. The quantitative estimate of drug-likeness (QED) is 0.778. The van der Waals surface area contributed by atoms with E-state index in [0.717, 1.165) is 22.8 Å². The molecule has 0 saturated heterocycles. The number of imidazole rings is 1. The number of hydrogen-bond acceptors (Lipinski definition) is 4. The smallest absolute Gasteiger partial charge is 0.166 e. The van der Waals surface area contributed by atoms with Crippen LogP contribution in [0.15, 0.2) is 29.4 Å². The molecule has 5 heteroatoms. The number of para-hydroxylation sites is 2. The largest absolute Gasteiger partial charge is 0.549 e. The summed E-state index contributed by atoms with van der Waals surface area (Å²) >= 11 is 1.15. The standard InChI is InChI=1S/C10H10N2O2S/c1-6(9(13)14)15-10-11-7-4-2-3-5-8(7)12-10/h2-6H,1H3,(H,11,12)(H,13,14)/p-1. The summed E-state index contributed by atoms with van der Waals surface area (Å²) in [4.78, 5) is 17.8. The third-order valence-electron chi connectivity index (χ3n) is 1.99. The minimum absolute atomic E-state index is 0.605. The van der Waals surface area contributed by atoms with E-state index in [0.29, 0.717) is 5.16 Å². The van der Waals surface area contributed by atoms with E-state index in [9.17, 15) is 9.90 Å². The van der Waals surface area contributed by atoms with Gasteiger partial charge in [-0.1, -0.05) is 23.9 Å². The number of fused-ring (bicyclic) bond motifs is 1. The zero-order valence-electron chi connectivity index (χ0n) is 8.06. The van der Waals surface area contributed by atoms with E-state index >= 15 is 0 Å². The van der Waals surface area contributed by atoms with Gasteiger partial charge in [0.1, 0.15) is 0 Å². The molecule has 1 N–H and O–H groups in total. The van der Waals surface area contributed by atoms with Gasteiger partial charge >= 0.3 is 0 Å². The van der Waals surface area contributed by atoms with E-state index in [4.69, 9.17) is 0 Å². The number of thioether (sulfide) groups is 1. The molecule has 4 nitrogen and oxygen atoms in total. The van der Waals surface area contributed by atoms with Crippen LogP contribution in [0.1, 0.15) is 6.92 Å². The Kier molecular flexibility index (Phi) is 2.64. The van der Waals surface area contributed by atoms with Gasteiger partial charge in [0.2, 0.25) is 0 Å². The summed E-state index contributed by atoms with van der Waals surface area (Å²) in [6.45, 7) is 1.58. The molecule has 0 spiro atoms. The van der Waals surface area contributed by atoms with E-state index in [1.807, 2.05) is 24.3 Å². The first kappa shape index (κ1) is 10.0. The van der Waals surface area contributed by atoms with Gasteiger partial charge in [-0.25, -0.2) is 4.98 Å². The molecule has 0 fully saturated rings. The lowest BCUT2D eigenvalue weighted by molar-refractivity contribution is -0.304. The molecule has 0 radical (unpaired) electrons. The Balaban J connectivity index is 2.26. The van der Waals surface area contributed by atoms with Crippen LogP contribution in [0.25, 0.3) is 11.0 Å². The number of aromatic amines is 1. The van der Waals surface area contributed by atoms with Crippen molar-refractivity contribution in [2.45, 2.75) is 17.3 Å². The van der Waals surface area contributed by atoms with E-state index in [1.54, 1.807) is 6.92 Å². The molecule has 0 aliphatic heterocycles. The maximum Gasteiger partial charge on any atom is 0.166 e. The molecular formula is C10H9N2O2S-. The highest BCUT2D eigenvalue weighted by atomic mass is 32.2. The first-order chi connectivity index (χ1) is 7.16. The Morgan fingerprint density at radius 3 is 2.93 bits per heavy atom. The second kappa shape index (κ2) is 3.94. The normalized spacial score (nSPS) is 12.9. The van der Waals surface area contributed by atoms with Gasteiger partial charge in [0, 0.05) is 5.25 Å². The third-order valence-corrected chi connectivity index (χ3v) is 2.95. The van der Waals surface area contributed by atoms with Gasteiger partial charge in [0.15, 0.2) is 5.16 Å². The molecule has 0 aliphatic carbocycles. The third kappa shape index (κ3) is 2.12. The number of aliphatic carboxylic acids is 1. The molecule has 78 valence electrons. The van der Waals surface area contributed by atoms with Crippen LogP contribution in [-0.4, -0.2) is 21.2 Å². The average molecular weight is 221 g/mol. The molecule has 1 aromatic heterocycles. The summed E-state index contributed by atoms with van der Waals surface area (Å²) in [5.41, 5.74) is 1.75. The number of carboxylic acids is 1. The van der Waals surface area contributed by atoms with Gasteiger partial charge in [-0.2, -0.15) is 0 Å². The van der Waals surface area contributed by atoms with Crippen molar-refractivity contribution in [3.8, 4) is 0 Å². The minimum atomic E-state index is -1.08. The molecule has 1 atom stereocenters. The minimum Gasteiger partial charge on any atom is -0.549 e. The van der Waals surface area contributed by atoms with Gasteiger partial charge in [0.25, 0.3) is 0 Å². The average Bonchev–Trinajstić information content (AvgIpc) is 2.59. The van der Waals surface area contributed by atoms with Gasteiger partial charge in [-0.05, 0) is 19.1 Å². The number of benzene rings is 1. The number of carboxylic acid groups (broad SMARTS) is 1. The number of nitrogens with zero attached hydrogens (tertiary/aromatic N) is 1. The summed E-state index contributed by atoms with van der Waals surface area (Å²) in [6.07, 6.45) is 0. The lowest BCUT2D eigenvalue weighted by atomic mass is 10.3. The number of carbonyl (C=O) groups excluding carboxylic acids is 1. The van der Waals surface area contributed by atoms with Gasteiger partial charge in [-0.3, -0.25) is 0 Å². The molecule has 0 amide bonds. The summed E-state index contributed by atoms with van der Waals surface area (Å²) in [5.74, 6) is -1.08. The topological polar surface area (TPSA) is 68.8 Å². The van der Waals surface area contributed by atoms with Crippen molar-refractivity contribution in [3.05, 3.63) is 24.3 Å². The SMILES string of the molecule is CC(Sc1nc2ccccc2[nH]1)C(=O)[O-]. The molecule has 15 heavy (non-hydrogen) atoms. The van der Waals surface area contributed by atoms with Gasteiger partial charge in [0.05, 0.1) is 17.0 Å². The zero-order chi connectivity index (χ0) is 10.8. The number of carbonyl (C=O) groups is 1. The number of rotatable bonds is 3. The van der Waals surface area contributed by atoms with Gasteiger partial charge in [-0.15, -0.1) is 0 Å². The van der Waals surface area contributed by atoms with Gasteiger partial charge < -0.3 is 14.9 Å². The van der Waals surface area contributed by atoms with Crippen molar-refractivity contribution < 1.29 is 9.90 Å². The fourth-order valence-electron chi connectivity index (χ4n) is 1.20. The fraction of sp³-hybridized carbons (Fsp3) is 0.200. The van der Waals surface area contributed by atoms with Crippen molar-refractivity contribution in [2.75, 3.05) is 0 Å². The zero-order valence-corrected chi connectivity index (χ0v) is 8.88. The maximum atomic E-state index is 10.5. The van der Waals surface area contributed by atoms with Crippen LogP contribution >= 0.6 is 11.8 Å². The summed E-state index contributed by atoms with van der Waals surface area (Å²) in [7, 11) is 0. The molecular weight excluding hydrogens is 212 g/mol. The van der Waals surface area contributed by atoms with E-state index in [-0.39, 0.29) is 0 Å². The summed E-state index contributed by atoms with van der Waals surface area (Å²) < 4.78 is 0. The van der Waals surface area contributed by atoms with Crippen molar-refractivity contribution in [2.24, 2.45) is 0 Å². The highest BCUT2D eigenvalue weighted by Crippen LogP contribution is 2.22. The summed E-state index contributed by atoms with van der Waals surface area (Å²) in [5, 5.41) is 10.5. The predicted molar refractivity (Wildman–Crippen MR) is 56.4 cm³/mol. The van der Waals surface area contributed by atoms with Crippen LogP contribution < -0.4 is 5.11 Å². The number of aromatic nitrogens is 2. The first-order valence-electron chi connectivity index (χ1n) is 4.49. The Morgan fingerprint density at radius 1 is 1.53 bits per heavy atom. The van der Waals surface area contributed by atoms with Crippen molar-refractivity contribution in [1.29, 1.82) is 0 Å². The lowest BCUT2D eigenvalue weighted by Crippen LogP contribution is -2.31. The van der Waals surface area contributed by atoms with Crippen molar-refractivity contribution in [1.82, 2.24) is 9.97 Å². The predicted octanol–water partition coefficient (Wildman–Crippen LogP) is 0.793. The second-order valence-electron chi connectivity index (χ2n) is 3.14. The van der Waals surface area contributed by atoms with E-state index in [2.05, 4.69) is 9.97 Å².